The maximum Gasteiger partial charge on any atom is 0.110 e. The summed E-state index contributed by atoms with van der Waals surface area (Å²) in [6.07, 6.45) is 1.73. The van der Waals surface area contributed by atoms with Gasteiger partial charge in [0.1, 0.15) is 6.67 Å². The van der Waals surface area contributed by atoms with Crippen molar-refractivity contribution >= 4 is 6.34 Å². The predicted octanol–water partition coefficient (Wildman–Crippen LogP) is 2.66. The van der Waals surface area contributed by atoms with Crippen LogP contribution < -0.4 is 5.43 Å². The summed E-state index contributed by atoms with van der Waals surface area (Å²) in [5.41, 5.74) is 6.89. The summed E-state index contributed by atoms with van der Waals surface area (Å²) >= 11 is 0. The SMILES string of the molecule is C1=NCN(Cc2ccc(-c3ccccc3)cc2)N1. The topological polar surface area (TPSA) is 27.6 Å². The van der Waals surface area contributed by atoms with E-state index in [1.807, 2.05) is 6.07 Å². The average Bonchev–Trinajstić information content (AvgIpc) is 2.94. The van der Waals surface area contributed by atoms with Gasteiger partial charge in [0.25, 0.3) is 0 Å². The first-order chi connectivity index (χ1) is 8.92. The number of aliphatic imine (C=N–C) groups is 1. The lowest BCUT2D eigenvalue weighted by Gasteiger charge is -2.14. The van der Waals surface area contributed by atoms with Gasteiger partial charge in [-0.3, -0.25) is 4.99 Å². The highest BCUT2D eigenvalue weighted by molar-refractivity contribution is 5.63. The van der Waals surface area contributed by atoms with E-state index in [-0.39, 0.29) is 0 Å². The van der Waals surface area contributed by atoms with Crippen LogP contribution in [0.1, 0.15) is 5.56 Å². The Morgan fingerprint density at radius 3 is 2.33 bits per heavy atom. The van der Waals surface area contributed by atoms with E-state index in [1.54, 1.807) is 6.34 Å². The predicted molar refractivity (Wildman–Crippen MR) is 73.9 cm³/mol. The number of hydrazine groups is 1. The lowest BCUT2D eigenvalue weighted by molar-refractivity contribution is 0.259. The van der Waals surface area contributed by atoms with Gasteiger partial charge in [0.05, 0.1) is 6.34 Å². The number of hydrogen-bond acceptors (Lipinski definition) is 3. The van der Waals surface area contributed by atoms with Crippen LogP contribution >= 0.6 is 0 Å². The van der Waals surface area contributed by atoms with E-state index in [1.165, 1.54) is 16.7 Å². The highest BCUT2D eigenvalue weighted by Crippen LogP contribution is 2.19. The van der Waals surface area contributed by atoms with Gasteiger partial charge < -0.3 is 5.43 Å². The minimum Gasteiger partial charge on any atom is -0.307 e. The molecule has 3 nitrogen and oxygen atoms in total. The van der Waals surface area contributed by atoms with Gasteiger partial charge in [0, 0.05) is 6.54 Å². The maximum atomic E-state index is 4.12. The highest BCUT2D eigenvalue weighted by atomic mass is 15.6. The van der Waals surface area contributed by atoms with E-state index in [9.17, 15) is 0 Å². The summed E-state index contributed by atoms with van der Waals surface area (Å²) in [6, 6.07) is 19.1. The van der Waals surface area contributed by atoms with Crippen LogP contribution in [0.25, 0.3) is 11.1 Å². The summed E-state index contributed by atoms with van der Waals surface area (Å²) in [5.74, 6) is 0. The molecule has 0 saturated carbocycles. The Kier molecular flexibility index (Phi) is 3.07. The largest absolute Gasteiger partial charge is 0.307 e. The Bertz CT molecular complexity index is 523. The van der Waals surface area contributed by atoms with Crippen molar-refractivity contribution in [3.63, 3.8) is 0 Å². The van der Waals surface area contributed by atoms with E-state index in [4.69, 9.17) is 0 Å². The van der Waals surface area contributed by atoms with Gasteiger partial charge in [-0.2, -0.15) is 5.01 Å². The van der Waals surface area contributed by atoms with Crippen molar-refractivity contribution in [1.29, 1.82) is 0 Å². The fourth-order valence-electron chi connectivity index (χ4n) is 2.05. The minimum atomic E-state index is 0.723. The number of benzene rings is 2. The second-order valence-corrected chi connectivity index (χ2v) is 4.34. The first-order valence-corrected chi connectivity index (χ1v) is 6.05. The number of rotatable bonds is 3. The Labute approximate surface area is 107 Å². The molecule has 1 N–H and O–H groups in total. The molecule has 0 atom stereocenters. The molecule has 3 heteroatoms. The molecule has 1 aliphatic heterocycles. The lowest BCUT2D eigenvalue weighted by Crippen LogP contribution is -2.30. The molecule has 0 unspecified atom stereocenters. The number of nitrogens with one attached hydrogen (secondary N) is 1. The second kappa shape index (κ2) is 5.02. The fraction of sp³-hybridized carbons (Fsp3) is 0.133. The molecule has 0 amide bonds. The highest BCUT2D eigenvalue weighted by Gasteiger charge is 2.06. The molecule has 0 aliphatic carbocycles. The van der Waals surface area contributed by atoms with Crippen LogP contribution in [-0.4, -0.2) is 18.0 Å². The number of hydrogen-bond donors (Lipinski definition) is 1. The second-order valence-electron chi connectivity index (χ2n) is 4.34. The van der Waals surface area contributed by atoms with Gasteiger partial charge in [-0.05, 0) is 16.7 Å². The lowest BCUT2D eigenvalue weighted by atomic mass is 10.0. The molecule has 1 heterocycles. The molecule has 0 radical (unpaired) electrons. The summed E-state index contributed by atoms with van der Waals surface area (Å²) in [7, 11) is 0. The smallest absolute Gasteiger partial charge is 0.110 e. The summed E-state index contributed by atoms with van der Waals surface area (Å²) < 4.78 is 0. The van der Waals surface area contributed by atoms with Crippen LogP contribution in [0.5, 0.6) is 0 Å². The zero-order chi connectivity index (χ0) is 12.2. The first-order valence-electron chi connectivity index (χ1n) is 6.05. The van der Waals surface area contributed by atoms with E-state index >= 15 is 0 Å². The van der Waals surface area contributed by atoms with Gasteiger partial charge >= 0.3 is 0 Å². The Hall–Kier alpha value is -2.13. The zero-order valence-corrected chi connectivity index (χ0v) is 10.1. The molecule has 0 aromatic heterocycles. The van der Waals surface area contributed by atoms with Crippen LogP contribution in [0.15, 0.2) is 59.6 Å². The molecular formula is C15H15N3. The molecule has 18 heavy (non-hydrogen) atoms. The Balaban J connectivity index is 1.73. The summed E-state index contributed by atoms with van der Waals surface area (Å²) in [5, 5.41) is 2.07. The average molecular weight is 237 g/mol. The molecule has 0 bridgehead atoms. The van der Waals surface area contributed by atoms with Gasteiger partial charge in [-0.15, -0.1) is 0 Å². The van der Waals surface area contributed by atoms with Crippen LogP contribution in [0, 0.1) is 0 Å². The van der Waals surface area contributed by atoms with Gasteiger partial charge in [0.15, 0.2) is 0 Å². The van der Waals surface area contributed by atoms with Crippen LogP contribution in [0.4, 0.5) is 0 Å². The normalized spacial score (nSPS) is 14.7. The molecule has 0 spiro atoms. The van der Waals surface area contributed by atoms with Crippen LogP contribution in [0.3, 0.4) is 0 Å². The third-order valence-corrected chi connectivity index (χ3v) is 3.02. The van der Waals surface area contributed by atoms with Crippen molar-refractivity contribution in [3.05, 3.63) is 60.2 Å². The fourth-order valence-corrected chi connectivity index (χ4v) is 2.05. The standard InChI is InChI=1S/C15H15N3/c1-2-4-14(5-3-1)15-8-6-13(7-9-15)10-18-12-16-11-17-18/h1-9,11H,10,12H2,(H,16,17). The quantitative estimate of drug-likeness (QED) is 0.888. The Morgan fingerprint density at radius 1 is 0.944 bits per heavy atom. The van der Waals surface area contributed by atoms with Gasteiger partial charge in [0.2, 0.25) is 0 Å². The minimum absolute atomic E-state index is 0.723. The molecule has 90 valence electrons. The molecule has 3 rings (SSSR count). The third-order valence-electron chi connectivity index (χ3n) is 3.02. The van der Waals surface area contributed by atoms with E-state index in [0.717, 1.165) is 13.2 Å². The molecule has 2 aromatic rings. The maximum absolute atomic E-state index is 4.12. The Morgan fingerprint density at radius 2 is 1.67 bits per heavy atom. The van der Waals surface area contributed by atoms with E-state index < -0.39 is 0 Å². The van der Waals surface area contributed by atoms with Crippen molar-refractivity contribution in [3.8, 4) is 11.1 Å². The molecule has 0 fully saturated rings. The molecule has 1 aliphatic rings. The zero-order valence-electron chi connectivity index (χ0n) is 10.1. The monoisotopic (exact) mass is 237 g/mol. The van der Waals surface area contributed by atoms with Crippen molar-refractivity contribution in [2.45, 2.75) is 6.54 Å². The van der Waals surface area contributed by atoms with Crippen LogP contribution in [-0.2, 0) is 6.54 Å². The van der Waals surface area contributed by atoms with Gasteiger partial charge in [-0.1, -0.05) is 54.6 Å². The van der Waals surface area contributed by atoms with Crippen molar-refractivity contribution in [1.82, 2.24) is 10.4 Å². The first kappa shape index (κ1) is 11.0. The molecular weight excluding hydrogens is 222 g/mol. The third kappa shape index (κ3) is 2.41. The van der Waals surface area contributed by atoms with Crippen LogP contribution in [0.2, 0.25) is 0 Å². The van der Waals surface area contributed by atoms with Crippen molar-refractivity contribution in [2.24, 2.45) is 4.99 Å². The van der Waals surface area contributed by atoms with E-state index in [0.29, 0.717) is 0 Å². The van der Waals surface area contributed by atoms with E-state index in [2.05, 4.69) is 64.0 Å². The summed E-state index contributed by atoms with van der Waals surface area (Å²) in [6.45, 7) is 1.59. The summed E-state index contributed by atoms with van der Waals surface area (Å²) in [4.78, 5) is 4.12. The van der Waals surface area contributed by atoms with Gasteiger partial charge in [-0.25, -0.2) is 0 Å². The molecule has 0 saturated heterocycles. The number of nitrogens with zero attached hydrogens (tertiary/aromatic N) is 2. The van der Waals surface area contributed by atoms with Crippen molar-refractivity contribution < 1.29 is 0 Å². The van der Waals surface area contributed by atoms with Crippen molar-refractivity contribution in [2.75, 3.05) is 6.67 Å². The molecule has 2 aromatic carbocycles.